The lowest BCUT2D eigenvalue weighted by molar-refractivity contribution is 0.164. The Kier molecular flexibility index (Phi) is 7.41. The average Bonchev–Trinajstić information content (AvgIpc) is 2.42. The smallest absolute Gasteiger partial charge is 0.246 e. The Bertz CT molecular complexity index is 531. The van der Waals surface area contributed by atoms with Gasteiger partial charge in [-0.1, -0.05) is 17.7 Å². The van der Waals surface area contributed by atoms with Crippen molar-refractivity contribution in [2.24, 2.45) is 0 Å². The molecule has 0 amide bonds. The minimum atomic E-state index is -3.77. The maximum atomic E-state index is 12.7. The molecule has 120 valence electrons. The largest absolute Gasteiger partial charge is 0.398 e. The van der Waals surface area contributed by atoms with Crippen molar-refractivity contribution in [3.05, 3.63) is 23.2 Å². The van der Waals surface area contributed by atoms with Gasteiger partial charge in [0.15, 0.2) is 0 Å². The summed E-state index contributed by atoms with van der Waals surface area (Å²) < 4.78 is 36.7. The highest BCUT2D eigenvalue weighted by Crippen LogP contribution is 2.29. The summed E-state index contributed by atoms with van der Waals surface area (Å²) in [5.74, 6) is 0. The minimum absolute atomic E-state index is 0.0554. The van der Waals surface area contributed by atoms with Crippen LogP contribution in [-0.2, 0) is 19.5 Å². The van der Waals surface area contributed by atoms with Crippen LogP contribution in [0.3, 0.4) is 0 Å². The first-order valence-corrected chi connectivity index (χ1v) is 8.29. The minimum Gasteiger partial charge on any atom is -0.398 e. The SMILES string of the molecule is COCCCN(CCOC)S(=O)(=O)c1c(N)cccc1Cl. The average molecular weight is 337 g/mol. The van der Waals surface area contributed by atoms with Gasteiger partial charge in [-0.3, -0.25) is 0 Å². The lowest BCUT2D eigenvalue weighted by atomic mass is 10.3. The van der Waals surface area contributed by atoms with Crippen molar-refractivity contribution in [1.29, 1.82) is 0 Å². The van der Waals surface area contributed by atoms with Gasteiger partial charge in [0.25, 0.3) is 0 Å². The molecule has 8 heteroatoms. The second kappa shape index (κ2) is 8.55. The van der Waals surface area contributed by atoms with Crippen molar-refractivity contribution < 1.29 is 17.9 Å². The van der Waals surface area contributed by atoms with Crippen molar-refractivity contribution in [2.45, 2.75) is 11.3 Å². The molecule has 1 rings (SSSR count). The summed E-state index contributed by atoms with van der Waals surface area (Å²) in [5, 5.41) is 0.115. The van der Waals surface area contributed by atoms with E-state index in [1.165, 1.54) is 23.5 Å². The predicted molar refractivity (Wildman–Crippen MR) is 83.0 cm³/mol. The van der Waals surface area contributed by atoms with Gasteiger partial charge in [-0.15, -0.1) is 0 Å². The van der Waals surface area contributed by atoms with E-state index >= 15 is 0 Å². The molecule has 0 aliphatic carbocycles. The van der Waals surface area contributed by atoms with Crippen LogP contribution in [0.4, 0.5) is 5.69 Å². The second-order valence-electron chi connectivity index (χ2n) is 4.40. The van der Waals surface area contributed by atoms with Gasteiger partial charge >= 0.3 is 0 Å². The lowest BCUT2D eigenvalue weighted by Gasteiger charge is -2.23. The van der Waals surface area contributed by atoms with Crippen molar-refractivity contribution in [1.82, 2.24) is 4.31 Å². The van der Waals surface area contributed by atoms with Gasteiger partial charge in [0.2, 0.25) is 10.0 Å². The Hall–Kier alpha value is -0.860. The number of nitrogens with zero attached hydrogens (tertiary/aromatic N) is 1. The highest BCUT2D eigenvalue weighted by Gasteiger charge is 2.28. The molecule has 6 nitrogen and oxygen atoms in total. The highest BCUT2D eigenvalue weighted by molar-refractivity contribution is 7.89. The Morgan fingerprint density at radius 2 is 1.86 bits per heavy atom. The number of anilines is 1. The maximum absolute atomic E-state index is 12.7. The van der Waals surface area contributed by atoms with Gasteiger partial charge in [0.05, 0.1) is 17.3 Å². The van der Waals surface area contributed by atoms with Crippen LogP contribution in [-0.4, -0.2) is 53.2 Å². The quantitative estimate of drug-likeness (QED) is 0.547. The molecule has 2 N–H and O–H groups in total. The maximum Gasteiger partial charge on any atom is 0.246 e. The van der Waals surface area contributed by atoms with Crippen molar-refractivity contribution >= 4 is 27.3 Å². The Morgan fingerprint density at radius 3 is 2.43 bits per heavy atom. The number of sulfonamides is 1. The summed E-state index contributed by atoms with van der Waals surface area (Å²) in [6, 6.07) is 4.64. The first-order valence-electron chi connectivity index (χ1n) is 6.47. The number of hydrogen-bond acceptors (Lipinski definition) is 5. The third-order valence-electron chi connectivity index (χ3n) is 2.90. The van der Waals surface area contributed by atoms with Gasteiger partial charge in [-0.2, -0.15) is 4.31 Å². The Morgan fingerprint density at radius 1 is 1.19 bits per heavy atom. The molecule has 0 fully saturated rings. The number of nitrogens with two attached hydrogens (primary N) is 1. The van der Waals surface area contributed by atoms with E-state index in [1.54, 1.807) is 13.2 Å². The number of rotatable bonds is 9. The zero-order valence-corrected chi connectivity index (χ0v) is 13.8. The third kappa shape index (κ3) is 4.82. The molecule has 0 aromatic heterocycles. The summed E-state index contributed by atoms with van der Waals surface area (Å²) in [6.07, 6.45) is 0.573. The molecule has 0 aliphatic heterocycles. The highest BCUT2D eigenvalue weighted by atomic mass is 35.5. The van der Waals surface area contributed by atoms with Gasteiger partial charge in [-0.25, -0.2) is 8.42 Å². The predicted octanol–water partition coefficient (Wildman–Crippen LogP) is 1.60. The number of nitrogen functional groups attached to an aromatic ring is 1. The van der Waals surface area contributed by atoms with Crippen LogP contribution in [0.2, 0.25) is 5.02 Å². The van der Waals surface area contributed by atoms with E-state index in [0.29, 0.717) is 19.6 Å². The summed E-state index contributed by atoms with van der Waals surface area (Å²) in [4.78, 5) is -0.0554. The number of ether oxygens (including phenoxy) is 2. The topological polar surface area (TPSA) is 81.9 Å². The summed E-state index contributed by atoms with van der Waals surface area (Å²) in [7, 11) is -0.687. The molecule has 0 spiro atoms. The number of hydrogen-bond donors (Lipinski definition) is 1. The molecule has 0 saturated heterocycles. The molecule has 0 saturated carbocycles. The van der Waals surface area contributed by atoms with Crippen LogP contribution in [0.25, 0.3) is 0 Å². The Balaban J connectivity index is 3.07. The van der Waals surface area contributed by atoms with Gasteiger partial charge in [0, 0.05) is 33.9 Å². The zero-order valence-electron chi connectivity index (χ0n) is 12.2. The molecule has 0 atom stereocenters. The monoisotopic (exact) mass is 336 g/mol. The van der Waals surface area contributed by atoms with Crippen LogP contribution in [0.15, 0.2) is 23.1 Å². The van der Waals surface area contributed by atoms with Gasteiger partial charge in [0.1, 0.15) is 4.90 Å². The normalized spacial score (nSPS) is 12.0. The molecular weight excluding hydrogens is 316 g/mol. The van der Waals surface area contributed by atoms with E-state index in [-0.39, 0.29) is 28.8 Å². The standard InChI is InChI=1S/C13H21ClN2O4S/c1-19-9-4-7-16(8-10-20-2)21(17,18)13-11(14)5-3-6-12(13)15/h3,5-6H,4,7-10,15H2,1-2H3. The van der Waals surface area contributed by atoms with E-state index in [0.717, 1.165) is 0 Å². The molecule has 21 heavy (non-hydrogen) atoms. The van der Waals surface area contributed by atoms with E-state index in [2.05, 4.69) is 0 Å². The summed E-state index contributed by atoms with van der Waals surface area (Å²) >= 11 is 6.01. The van der Waals surface area contributed by atoms with Crippen LogP contribution >= 0.6 is 11.6 Å². The van der Waals surface area contributed by atoms with Crippen molar-refractivity contribution in [3.8, 4) is 0 Å². The molecule has 1 aromatic rings. The molecule has 0 unspecified atom stereocenters. The van der Waals surface area contributed by atoms with E-state index in [1.807, 2.05) is 0 Å². The van der Waals surface area contributed by atoms with Crippen molar-refractivity contribution in [3.63, 3.8) is 0 Å². The molecular formula is C13H21ClN2O4S. The van der Waals surface area contributed by atoms with Crippen LogP contribution in [0.1, 0.15) is 6.42 Å². The van der Waals surface area contributed by atoms with Crippen LogP contribution < -0.4 is 5.73 Å². The van der Waals surface area contributed by atoms with Crippen molar-refractivity contribution in [2.75, 3.05) is 46.3 Å². The number of benzene rings is 1. The van der Waals surface area contributed by atoms with Crippen LogP contribution in [0.5, 0.6) is 0 Å². The lowest BCUT2D eigenvalue weighted by Crippen LogP contribution is -2.35. The van der Waals surface area contributed by atoms with Crippen LogP contribution in [0, 0.1) is 0 Å². The van der Waals surface area contributed by atoms with Gasteiger partial charge < -0.3 is 15.2 Å². The molecule has 0 radical (unpaired) electrons. The van der Waals surface area contributed by atoms with Gasteiger partial charge in [-0.05, 0) is 18.6 Å². The fourth-order valence-electron chi connectivity index (χ4n) is 1.86. The fraction of sp³-hybridized carbons (Fsp3) is 0.538. The molecule has 0 aliphatic rings. The number of halogens is 1. The Labute approximate surface area is 130 Å². The third-order valence-corrected chi connectivity index (χ3v) is 5.34. The first kappa shape index (κ1) is 18.2. The summed E-state index contributed by atoms with van der Waals surface area (Å²) in [6.45, 7) is 1.30. The second-order valence-corrected chi connectivity index (χ2v) is 6.68. The molecule has 0 heterocycles. The van der Waals surface area contributed by atoms with E-state index in [9.17, 15) is 8.42 Å². The fourth-order valence-corrected chi connectivity index (χ4v) is 3.95. The van der Waals surface area contributed by atoms with E-state index < -0.39 is 10.0 Å². The molecule has 0 bridgehead atoms. The summed E-state index contributed by atoms with van der Waals surface area (Å²) in [5.41, 5.74) is 5.92. The number of methoxy groups -OCH3 is 2. The molecule has 1 aromatic carbocycles. The van der Waals surface area contributed by atoms with E-state index in [4.69, 9.17) is 26.8 Å². The zero-order chi connectivity index (χ0) is 15.9. The first-order chi connectivity index (χ1) is 9.95.